The van der Waals surface area contributed by atoms with E-state index < -0.39 is 0 Å². The topological polar surface area (TPSA) is 37.8 Å². The maximum atomic E-state index is 5.82. The number of anilines is 2. The zero-order valence-electron chi connectivity index (χ0n) is 10.6. The Morgan fingerprint density at radius 3 is 2.50 bits per heavy atom. The molecule has 0 aliphatic rings. The van der Waals surface area contributed by atoms with E-state index in [0.717, 1.165) is 30.0 Å². The van der Waals surface area contributed by atoms with Crippen LogP contribution in [0.25, 0.3) is 0 Å². The van der Waals surface area contributed by atoms with Crippen molar-refractivity contribution < 1.29 is 0 Å². The van der Waals surface area contributed by atoms with E-state index in [1.807, 2.05) is 13.0 Å². The predicted molar refractivity (Wildman–Crippen MR) is 75.5 cm³/mol. The molecule has 3 nitrogen and oxygen atoms in total. The van der Waals surface area contributed by atoms with Gasteiger partial charge in [-0.3, -0.25) is 0 Å². The molecule has 0 aliphatic carbocycles. The molecule has 0 radical (unpaired) electrons. The molecule has 0 atom stereocenters. The molecule has 2 rings (SSSR count). The van der Waals surface area contributed by atoms with Gasteiger partial charge >= 0.3 is 0 Å². The summed E-state index contributed by atoms with van der Waals surface area (Å²) in [6.07, 6.45) is 2.27. The minimum absolute atomic E-state index is 0.264. The van der Waals surface area contributed by atoms with Crippen LogP contribution in [0.15, 0.2) is 30.3 Å². The van der Waals surface area contributed by atoms with Crippen molar-refractivity contribution in [3.05, 3.63) is 46.9 Å². The van der Waals surface area contributed by atoms with Gasteiger partial charge in [0.05, 0.1) is 0 Å². The van der Waals surface area contributed by atoms with Crippen LogP contribution in [-0.4, -0.2) is 9.97 Å². The summed E-state index contributed by atoms with van der Waals surface area (Å²) in [6.45, 7) is 4.07. The Kier molecular flexibility index (Phi) is 4.15. The smallest absolute Gasteiger partial charge is 0.224 e. The fourth-order valence-corrected chi connectivity index (χ4v) is 2.01. The van der Waals surface area contributed by atoms with E-state index in [1.54, 1.807) is 0 Å². The van der Waals surface area contributed by atoms with Crippen molar-refractivity contribution in [2.24, 2.45) is 0 Å². The maximum Gasteiger partial charge on any atom is 0.224 e. The van der Waals surface area contributed by atoms with Gasteiger partial charge in [0.25, 0.3) is 0 Å². The van der Waals surface area contributed by atoms with Gasteiger partial charge in [-0.2, -0.15) is 0 Å². The van der Waals surface area contributed by atoms with Crippen molar-refractivity contribution in [3.63, 3.8) is 0 Å². The summed E-state index contributed by atoms with van der Waals surface area (Å²) >= 11 is 5.82. The number of benzene rings is 1. The average Bonchev–Trinajstić information content (AvgIpc) is 2.31. The number of nitrogens with one attached hydrogen (secondary N) is 1. The lowest BCUT2D eigenvalue weighted by molar-refractivity contribution is 0.922. The minimum atomic E-state index is 0.264. The zero-order chi connectivity index (χ0) is 13.0. The monoisotopic (exact) mass is 261 g/mol. The van der Waals surface area contributed by atoms with Crippen LogP contribution in [0.2, 0.25) is 5.28 Å². The third-order valence-corrected chi connectivity index (χ3v) is 2.76. The number of aryl methyl sites for hydroxylation is 2. The van der Waals surface area contributed by atoms with Gasteiger partial charge in [-0.25, -0.2) is 9.97 Å². The van der Waals surface area contributed by atoms with E-state index in [2.05, 4.69) is 46.5 Å². The molecule has 94 valence electrons. The molecule has 0 saturated heterocycles. The standard InChI is InChI=1S/C14H16ClN3/c1-3-4-11-5-7-12(8-6-11)17-13-9-10(2)16-14(15)18-13/h5-9H,3-4H2,1-2H3,(H,16,17,18). The Hall–Kier alpha value is -1.61. The Balaban J connectivity index is 2.13. The number of rotatable bonds is 4. The van der Waals surface area contributed by atoms with Gasteiger partial charge in [0.1, 0.15) is 5.82 Å². The molecule has 0 bridgehead atoms. The first kappa shape index (κ1) is 12.8. The van der Waals surface area contributed by atoms with Gasteiger partial charge in [0, 0.05) is 17.4 Å². The first-order valence-electron chi connectivity index (χ1n) is 6.04. The third-order valence-electron chi connectivity index (χ3n) is 2.59. The molecular weight excluding hydrogens is 246 g/mol. The molecular formula is C14H16ClN3. The largest absolute Gasteiger partial charge is 0.340 e. The maximum absolute atomic E-state index is 5.82. The molecule has 1 heterocycles. The molecule has 4 heteroatoms. The second-order valence-corrected chi connectivity index (χ2v) is 4.57. The summed E-state index contributed by atoms with van der Waals surface area (Å²) in [5.41, 5.74) is 3.20. The number of hydrogen-bond acceptors (Lipinski definition) is 3. The average molecular weight is 262 g/mol. The quantitative estimate of drug-likeness (QED) is 0.841. The summed E-state index contributed by atoms with van der Waals surface area (Å²) in [4.78, 5) is 8.16. The van der Waals surface area contributed by atoms with E-state index in [1.165, 1.54) is 5.56 Å². The lowest BCUT2D eigenvalue weighted by Gasteiger charge is -2.07. The highest BCUT2D eigenvalue weighted by Gasteiger charge is 2.00. The summed E-state index contributed by atoms with van der Waals surface area (Å²) < 4.78 is 0. The van der Waals surface area contributed by atoms with Gasteiger partial charge in [-0.15, -0.1) is 0 Å². The molecule has 1 aromatic carbocycles. The van der Waals surface area contributed by atoms with Crippen molar-refractivity contribution in [2.45, 2.75) is 26.7 Å². The Morgan fingerprint density at radius 2 is 1.89 bits per heavy atom. The van der Waals surface area contributed by atoms with Gasteiger partial charge in [-0.05, 0) is 42.6 Å². The molecule has 0 aliphatic heterocycles. The van der Waals surface area contributed by atoms with Crippen molar-refractivity contribution >= 4 is 23.1 Å². The zero-order valence-corrected chi connectivity index (χ0v) is 11.3. The highest BCUT2D eigenvalue weighted by atomic mass is 35.5. The highest BCUT2D eigenvalue weighted by molar-refractivity contribution is 6.28. The first-order chi connectivity index (χ1) is 8.67. The van der Waals surface area contributed by atoms with E-state index in [-0.39, 0.29) is 5.28 Å². The van der Waals surface area contributed by atoms with Crippen LogP contribution in [0, 0.1) is 6.92 Å². The van der Waals surface area contributed by atoms with Gasteiger partial charge in [-0.1, -0.05) is 25.5 Å². The molecule has 0 saturated carbocycles. The van der Waals surface area contributed by atoms with Crippen molar-refractivity contribution in [1.82, 2.24) is 9.97 Å². The number of hydrogen-bond donors (Lipinski definition) is 1. The highest BCUT2D eigenvalue weighted by Crippen LogP contribution is 2.17. The fourth-order valence-electron chi connectivity index (χ4n) is 1.79. The van der Waals surface area contributed by atoms with Crippen LogP contribution in [0.3, 0.4) is 0 Å². The lowest BCUT2D eigenvalue weighted by Crippen LogP contribution is -1.97. The Morgan fingerprint density at radius 1 is 1.17 bits per heavy atom. The summed E-state index contributed by atoms with van der Waals surface area (Å²) in [6, 6.07) is 10.2. The minimum Gasteiger partial charge on any atom is -0.340 e. The van der Waals surface area contributed by atoms with E-state index in [0.29, 0.717) is 0 Å². The second kappa shape index (κ2) is 5.83. The first-order valence-corrected chi connectivity index (χ1v) is 6.42. The number of halogens is 1. The van der Waals surface area contributed by atoms with Gasteiger partial charge in [0.15, 0.2) is 0 Å². The van der Waals surface area contributed by atoms with E-state index in [9.17, 15) is 0 Å². The lowest BCUT2D eigenvalue weighted by atomic mass is 10.1. The fraction of sp³-hybridized carbons (Fsp3) is 0.286. The van der Waals surface area contributed by atoms with Crippen LogP contribution in [0.1, 0.15) is 24.6 Å². The van der Waals surface area contributed by atoms with Crippen LogP contribution in [0.4, 0.5) is 11.5 Å². The van der Waals surface area contributed by atoms with Gasteiger partial charge in [0.2, 0.25) is 5.28 Å². The Labute approximate surface area is 112 Å². The molecule has 1 aromatic heterocycles. The summed E-state index contributed by atoms with van der Waals surface area (Å²) in [7, 11) is 0. The third kappa shape index (κ3) is 3.44. The van der Waals surface area contributed by atoms with Crippen LogP contribution >= 0.6 is 11.6 Å². The Bertz CT molecular complexity index is 503. The van der Waals surface area contributed by atoms with E-state index >= 15 is 0 Å². The molecule has 2 aromatic rings. The van der Waals surface area contributed by atoms with Crippen LogP contribution < -0.4 is 5.32 Å². The van der Waals surface area contributed by atoms with Crippen molar-refractivity contribution in [2.75, 3.05) is 5.32 Å². The van der Waals surface area contributed by atoms with Crippen LogP contribution in [-0.2, 0) is 6.42 Å². The van der Waals surface area contributed by atoms with Crippen molar-refractivity contribution in [3.8, 4) is 0 Å². The summed E-state index contributed by atoms with van der Waals surface area (Å²) in [5.74, 6) is 0.718. The predicted octanol–water partition coefficient (Wildman–Crippen LogP) is 4.13. The molecule has 0 fully saturated rings. The molecule has 0 unspecified atom stereocenters. The van der Waals surface area contributed by atoms with Crippen LogP contribution in [0.5, 0.6) is 0 Å². The molecule has 0 amide bonds. The molecule has 0 spiro atoms. The number of nitrogens with zero attached hydrogens (tertiary/aromatic N) is 2. The molecule has 18 heavy (non-hydrogen) atoms. The normalized spacial score (nSPS) is 10.4. The summed E-state index contributed by atoms with van der Waals surface area (Å²) in [5, 5.41) is 3.48. The van der Waals surface area contributed by atoms with Gasteiger partial charge < -0.3 is 5.32 Å². The van der Waals surface area contributed by atoms with E-state index in [4.69, 9.17) is 11.6 Å². The second-order valence-electron chi connectivity index (χ2n) is 4.24. The number of aromatic nitrogens is 2. The molecule has 1 N–H and O–H groups in total. The SMILES string of the molecule is CCCc1ccc(Nc2cc(C)nc(Cl)n2)cc1. The van der Waals surface area contributed by atoms with Crippen molar-refractivity contribution in [1.29, 1.82) is 0 Å².